The third kappa shape index (κ3) is 3.54. The molecule has 4 aliphatic rings. The standard InChI is InChI=1S/C25H40N4O3/c1-4-25-12-10-19-18-9-11-24(31,15-32-3)13-17(18)5-6-20(19)21(25)7-8-22(25)23(30)14-29-16(2)26-27-28-29/h17-22,31H,4-15H2,1-3H3/t17-,18-,19+,20+,21-,22+,24+,25-/m0/s1. The van der Waals surface area contributed by atoms with Crippen molar-refractivity contribution in [1.29, 1.82) is 0 Å². The number of ketones is 1. The Balaban J connectivity index is 1.32. The highest BCUT2D eigenvalue weighted by Gasteiger charge is 2.60. The van der Waals surface area contributed by atoms with E-state index in [1.807, 2.05) is 6.92 Å². The number of aliphatic hydroxyl groups is 1. The number of tetrazole rings is 1. The second kappa shape index (κ2) is 8.46. The summed E-state index contributed by atoms with van der Waals surface area (Å²) in [6.45, 7) is 4.96. The third-order valence-corrected chi connectivity index (χ3v) is 10.3. The molecule has 7 nitrogen and oxygen atoms in total. The van der Waals surface area contributed by atoms with Crippen LogP contribution in [-0.2, 0) is 16.1 Å². The molecule has 7 heteroatoms. The average molecular weight is 445 g/mol. The van der Waals surface area contributed by atoms with Crippen molar-refractivity contribution in [2.75, 3.05) is 13.7 Å². The van der Waals surface area contributed by atoms with Crippen molar-refractivity contribution in [3.63, 3.8) is 0 Å². The van der Waals surface area contributed by atoms with Gasteiger partial charge >= 0.3 is 0 Å². The molecule has 0 aliphatic heterocycles. The molecular weight excluding hydrogens is 404 g/mol. The van der Waals surface area contributed by atoms with E-state index < -0.39 is 5.60 Å². The Bertz CT molecular complexity index is 843. The number of hydrogen-bond donors (Lipinski definition) is 1. The van der Waals surface area contributed by atoms with E-state index in [4.69, 9.17) is 4.74 Å². The Hall–Kier alpha value is -1.34. The number of aromatic nitrogens is 4. The number of carbonyl (C=O) groups excluding carboxylic acids is 1. The molecule has 178 valence electrons. The van der Waals surface area contributed by atoms with E-state index in [0.717, 1.165) is 49.9 Å². The van der Waals surface area contributed by atoms with Crippen molar-refractivity contribution >= 4 is 5.78 Å². The van der Waals surface area contributed by atoms with Crippen molar-refractivity contribution in [2.24, 2.45) is 40.9 Å². The SMILES string of the molecule is CC[C@]12CC[C@H]3[C@@H](CC[C@H]4C[C@@](O)(COC)CC[C@@H]43)[C@@H]1CC[C@@H]2C(=O)Cn1nnnc1C. The number of aryl methyl sites for hydroxylation is 1. The van der Waals surface area contributed by atoms with Crippen LogP contribution in [0.15, 0.2) is 0 Å². The first-order valence-electron chi connectivity index (χ1n) is 12.9. The third-order valence-electron chi connectivity index (χ3n) is 10.3. The molecule has 5 rings (SSSR count). The van der Waals surface area contributed by atoms with Gasteiger partial charge < -0.3 is 9.84 Å². The zero-order chi connectivity index (χ0) is 22.5. The van der Waals surface area contributed by atoms with Gasteiger partial charge in [0.2, 0.25) is 0 Å². The molecule has 1 N–H and O–H groups in total. The highest BCUT2D eigenvalue weighted by Crippen LogP contribution is 2.66. The van der Waals surface area contributed by atoms with Gasteiger partial charge in [-0.1, -0.05) is 6.92 Å². The average Bonchev–Trinajstić information content (AvgIpc) is 3.37. The Morgan fingerprint density at radius 2 is 1.94 bits per heavy atom. The first-order valence-corrected chi connectivity index (χ1v) is 12.9. The van der Waals surface area contributed by atoms with Gasteiger partial charge in [0.05, 0.1) is 12.2 Å². The quantitative estimate of drug-likeness (QED) is 0.721. The molecule has 8 atom stereocenters. The summed E-state index contributed by atoms with van der Waals surface area (Å²) in [5, 5.41) is 22.7. The summed E-state index contributed by atoms with van der Waals surface area (Å²) < 4.78 is 7.00. The molecule has 0 spiro atoms. The fraction of sp³-hybridized carbons (Fsp3) is 0.920. The fourth-order valence-electron chi connectivity index (χ4n) is 8.99. The Morgan fingerprint density at radius 3 is 2.66 bits per heavy atom. The van der Waals surface area contributed by atoms with Crippen LogP contribution < -0.4 is 0 Å². The zero-order valence-electron chi connectivity index (χ0n) is 20.0. The van der Waals surface area contributed by atoms with Gasteiger partial charge in [-0.05, 0) is 117 Å². The van der Waals surface area contributed by atoms with Crippen LogP contribution in [-0.4, -0.2) is 50.4 Å². The lowest BCUT2D eigenvalue weighted by Crippen LogP contribution is -2.53. The second-order valence-electron chi connectivity index (χ2n) is 11.4. The molecule has 0 bridgehead atoms. The van der Waals surface area contributed by atoms with Gasteiger partial charge in [-0.25, -0.2) is 4.68 Å². The van der Waals surface area contributed by atoms with Crippen molar-refractivity contribution in [2.45, 2.75) is 90.2 Å². The summed E-state index contributed by atoms with van der Waals surface area (Å²) in [4.78, 5) is 13.4. The van der Waals surface area contributed by atoms with Crippen molar-refractivity contribution in [1.82, 2.24) is 20.2 Å². The molecule has 0 aromatic carbocycles. The summed E-state index contributed by atoms with van der Waals surface area (Å²) >= 11 is 0. The van der Waals surface area contributed by atoms with Crippen LogP contribution in [0.5, 0.6) is 0 Å². The second-order valence-corrected chi connectivity index (χ2v) is 11.4. The maximum atomic E-state index is 13.4. The van der Waals surface area contributed by atoms with E-state index >= 15 is 0 Å². The van der Waals surface area contributed by atoms with Gasteiger partial charge in [-0.2, -0.15) is 0 Å². The number of hydrogen-bond acceptors (Lipinski definition) is 6. The molecule has 0 saturated heterocycles. The van der Waals surface area contributed by atoms with Crippen molar-refractivity contribution in [3.8, 4) is 0 Å². The van der Waals surface area contributed by atoms with Crippen LogP contribution >= 0.6 is 0 Å². The van der Waals surface area contributed by atoms with Crippen LogP contribution in [0.1, 0.15) is 77.0 Å². The fourth-order valence-corrected chi connectivity index (χ4v) is 8.99. The minimum Gasteiger partial charge on any atom is -0.387 e. The van der Waals surface area contributed by atoms with Crippen LogP contribution in [0.3, 0.4) is 0 Å². The zero-order valence-corrected chi connectivity index (χ0v) is 20.0. The number of ether oxygens (including phenoxy) is 1. The number of rotatable bonds is 6. The molecule has 1 aromatic heterocycles. The van der Waals surface area contributed by atoms with Crippen molar-refractivity contribution in [3.05, 3.63) is 5.82 Å². The maximum Gasteiger partial charge on any atom is 0.158 e. The van der Waals surface area contributed by atoms with Gasteiger partial charge in [0.1, 0.15) is 12.4 Å². The number of Topliss-reactive ketones (excluding diaryl/α,β-unsaturated/α-hetero) is 1. The minimum atomic E-state index is -0.621. The summed E-state index contributed by atoms with van der Waals surface area (Å²) in [6, 6.07) is 0. The van der Waals surface area contributed by atoms with Crippen LogP contribution in [0, 0.1) is 47.8 Å². The smallest absolute Gasteiger partial charge is 0.158 e. The van der Waals surface area contributed by atoms with Crippen LogP contribution in [0.4, 0.5) is 0 Å². The maximum absolute atomic E-state index is 13.4. The van der Waals surface area contributed by atoms with Gasteiger partial charge in [0, 0.05) is 13.0 Å². The largest absolute Gasteiger partial charge is 0.387 e. The molecule has 4 saturated carbocycles. The highest BCUT2D eigenvalue weighted by atomic mass is 16.5. The van der Waals surface area contributed by atoms with E-state index in [1.54, 1.807) is 11.8 Å². The van der Waals surface area contributed by atoms with Crippen LogP contribution in [0.2, 0.25) is 0 Å². The summed E-state index contributed by atoms with van der Waals surface area (Å²) in [5.74, 6) is 4.80. The van der Waals surface area contributed by atoms with E-state index in [0.29, 0.717) is 36.6 Å². The minimum absolute atomic E-state index is 0.151. The van der Waals surface area contributed by atoms with Gasteiger partial charge in [-0.15, -0.1) is 5.10 Å². The molecule has 0 radical (unpaired) electrons. The predicted octanol–water partition coefficient (Wildman–Crippen LogP) is 3.59. The number of carbonyl (C=O) groups is 1. The first-order chi connectivity index (χ1) is 15.4. The van der Waals surface area contributed by atoms with E-state index in [9.17, 15) is 9.90 Å². The van der Waals surface area contributed by atoms with E-state index in [-0.39, 0.29) is 11.3 Å². The van der Waals surface area contributed by atoms with Gasteiger partial charge in [0.25, 0.3) is 0 Å². The summed E-state index contributed by atoms with van der Waals surface area (Å²) in [6.07, 6.45) is 11.2. The molecule has 1 heterocycles. The van der Waals surface area contributed by atoms with Crippen LogP contribution in [0.25, 0.3) is 0 Å². The molecular formula is C25H40N4O3. The molecule has 0 unspecified atom stereocenters. The molecule has 4 fully saturated rings. The first kappa shape index (κ1) is 22.5. The Labute approximate surface area is 191 Å². The monoisotopic (exact) mass is 444 g/mol. The Morgan fingerprint density at radius 1 is 1.12 bits per heavy atom. The number of nitrogens with zero attached hydrogens (tertiary/aromatic N) is 4. The lowest BCUT2D eigenvalue weighted by molar-refractivity contribution is -0.139. The van der Waals surface area contributed by atoms with Gasteiger partial charge in [0.15, 0.2) is 5.78 Å². The predicted molar refractivity (Wildman–Crippen MR) is 120 cm³/mol. The molecule has 32 heavy (non-hydrogen) atoms. The lowest BCUT2D eigenvalue weighted by atomic mass is 9.48. The highest BCUT2D eigenvalue weighted by molar-refractivity contribution is 5.82. The topological polar surface area (TPSA) is 90.1 Å². The van der Waals surface area contributed by atoms with E-state index in [2.05, 4.69) is 22.4 Å². The molecule has 1 aromatic rings. The molecule has 4 aliphatic carbocycles. The normalized spacial score (nSPS) is 43.4. The molecule has 0 amide bonds. The van der Waals surface area contributed by atoms with Crippen molar-refractivity contribution < 1.29 is 14.6 Å². The van der Waals surface area contributed by atoms with Gasteiger partial charge in [-0.3, -0.25) is 4.79 Å². The number of fused-ring (bicyclic) bond motifs is 5. The Kier molecular flexibility index (Phi) is 5.94. The summed E-state index contributed by atoms with van der Waals surface area (Å²) in [7, 11) is 1.70. The van der Waals surface area contributed by atoms with E-state index in [1.165, 1.54) is 32.1 Å². The number of methoxy groups -OCH3 is 1. The lowest BCUT2D eigenvalue weighted by Gasteiger charge is -2.57. The summed E-state index contributed by atoms with van der Waals surface area (Å²) in [5.41, 5.74) is -0.456.